The molecule has 1 saturated heterocycles. The Morgan fingerprint density at radius 2 is 1.81 bits per heavy atom. The average molecular weight is 368 g/mol. The van der Waals surface area contributed by atoms with Crippen molar-refractivity contribution in [1.29, 1.82) is 0 Å². The van der Waals surface area contributed by atoms with Crippen LogP contribution in [0.25, 0.3) is 0 Å². The number of ether oxygens (including phenoxy) is 1. The summed E-state index contributed by atoms with van der Waals surface area (Å²) < 4.78 is 5.22. The SMILES string of the molecule is COc1ccc(C(C)(C)CNC(=O)N2CCN(c3ccccn3)CC2)cc1. The number of amides is 2. The molecule has 0 atom stereocenters. The molecular weight excluding hydrogens is 340 g/mol. The van der Waals surface area contributed by atoms with Crippen LogP contribution in [-0.4, -0.2) is 55.7 Å². The molecule has 2 heterocycles. The summed E-state index contributed by atoms with van der Waals surface area (Å²) in [4.78, 5) is 21.1. The lowest BCUT2D eigenvalue weighted by Gasteiger charge is -2.36. The van der Waals surface area contributed by atoms with Crippen molar-refractivity contribution in [1.82, 2.24) is 15.2 Å². The molecule has 0 spiro atoms. The number of aromatic nitrogens is 1. The molecule has 1 aliphatic rings. The van der Waals surface area contributed by atoms with Crippen molar-refractivity contribution in [3.05, 3.63) is 54.2 Å². The van der Waals surface area contributed by atoms with Gasteiger partial charge in [-0.2, -0.15) is 0 Å². The van der Waals surface area contributed by atoms with E-state index in [0.717, 1.165) is 24.7 Å². The molecule has 1 aromatic carbocycles. The van der Waals surface area contributed by atoms with Gasteiger partial charge in [0.15, 0.2) is 0 Å². The molecular formula is C21H28N4O2. The number of carbonyl (C=O) groups is 1. The minimum Gasteiger partial charge on any atom is -0.497 e. The van der Waals surface area contributed by atoms with Gasteiger partial charge in [0.1, 0.15) is 11.6 Å². The summed E-state index contributed by atoms with van der Waals surface area (Å²) in [5.74, 6) is 1.81. The van der Waals surface area contributed by atoms with Crippen LogP contribution in [0, 0.1) is 0 Å². The van der Waals surface area contributed by atoms with Crippen LogP contribution in [0.5, 0.6) is 5.75 Å². The number of urea groups is 1. The van der Waals surface area contributed by atoms with Crippen molar-refractivity contribution < 1.29 is 9.53 Å². The summed E-state index contributed by atoms with van der Waals surface area (Å²) >= 11 is 0. The van der Waals surface area contributed by atoms with E-state index < -0.39 is 0 Å². The van der Waals surface area contributed by atoms with Crippen LogP contribution in [0.15, 0.2) is 48.7 Å². The van der Waals surface area contributed by atoms with E-state index in [2.05, 4.69) is 41.2 Å². The highest BCUT2D eigenvalue weighted by molar-refractivity contribution is 5.74. The lowest BCUT2D eigenvalue weighted by molar-refractivity contribution is 0.192. The first-order valence-corrected chi connectivity index (χ1v) is 9.33. The zero-order valence-corrected chi connectivity index (χ0v) is 16.3. The largest absolute Gasteiger partial charge is 0.497 e. The normalized spacial score (nSPS) is 14.8. The van der Waals surface area contributed by atoms with Gasteiger partial charge in [0.2, 0.25) is 0 Å². The molecule has 144 valence electrons. The molecule has 6 nitrogen and oxygen atoms in total. The van der Waals surface area contributed by atoms with E-state index in [1.165, 1.54) is 5.56 Å². The first kappa shape index (κ1) is 19.0. The number of piperazine rings is 1. The van der Waals surface area contributed by atoms with Crippen molar-refractivity contribution in [3.63, 3.8) is 0 Å². The Bertz CT molecular complexity index is 739. The predicted octanol–water partition coefficient (Wildman–Crippen LogP) is 2.90. The molecule has 1 fully saturated rings. The fourth-order valence-corrected chi connectivity index (χ4v) is 3.23. The van der Waals surface area contributed by atoms with E-state index in [1.54, 1.807) is 13.3 Å². The molecule has 6 heteroatoms. The van der Waals surface area contributed by atoms with Gasteiger partial charge >= 0.3 is 6.03 Å². The Morgan fingerprint density at radius 1 is 1.11 bits per heavy atom. The van der Waals surface area contributed by atoms with Gasteiger partial charge in [-0.15, -0.1) is 0 Å². The topological polar surface area (TPSA) is 57.7 Å². The number of hydrogen-bond donors (Lipinski definition) is 1. The van der Waals surface area contributed by atoms with Gasteiger partial charge in [-0.3, -0.25) is 0 Å². The summed E-state index contributed by atoms with van der Waals surface area (Å²) in [5, 5.41) is 3.10. The number of anilines is 1. The van der Waals surface area contributed by atoms with Gasteiger partial charge in [0.05, 0.1) is 7.11 Å². The van der Waals surface area contributed by atoms with E-state index >= 15 is 0 Å². The fourth-order valence-electron chi connectivity index (χ4n) is 3.23. The van der Waals surface area contributed by atoms with Gasteiger partial charge in [-0.1, -0.05) is 32.0 Å². The third kappa shape index (κ3) is 4.70. The summed E-state index contributed by atoms with van der Waals surface area (Å²) in [6.07, 6.45) is 1.80. The van der Waals surface area contributed by atoms with Crippen molar-refractivity contribution in [2.45, 2.75) is 19.3 Å². The number of rotatable bonds is 5. The first-order valence-electron chi connectivity index (χ1n) is 9.33. The quantitative estimate of drug-likeness (QED) is 0.882. The molecule has 1 N–H and O–H groups in total. The molecule has 3 rings (SSSR count). The number of pyridine rings is 1. The van der Waals surface area contributed by atoms with Crippen molar-refractivity contribution in [3.8, 4) is 5.75 Å². The van der Waals surface area contributed by atoms with Gasteiger partial charge in [0, 0.05) is 44.3 Å². The Morgan fingerprint density at radius 3 is 2.41 bits per heavy atom. The zero-order chi connectivity index (χ0) is 19.3. The maximum atomic E-state index is 12.6. The molecule has 0 unspecified atom stereocenters. The van der Waals surface area contributed by atoms with E-state index in [-0.39, 0.29) is 11.4 Å². The minimum absolute atomic E-state index is 0.00254. The maximum absolute atomic E-state index is 12.6. The van der Waals surface area contributed by atoms with Crippen LogP contribution in [0.3, 0.4) is 0 Å². The molecule has 2 aromatic rings. The summed E-state index contributed by atoms with van der Waals surface area (Å²) in [6, 6.07) is 13.9. The summed E-state index contributed by atoms with van der Waals surface area (Å²) in [7, 11) is 1.66. The van der Waals surface area contributed by atoms with Crippen LogP contribution < -0.4 is 15.0 Å². The molecule has 0 radical (unpaired) electrons. The highest BCUT2D eigenvalue weighted by atomic mass is 16.5. The molecule has 0 aliphatic carbocycles. The second-order valence-electron chi connectivity index (χ2n) is 7.43. The minimum atomic E-state index is -0.155. The van der Waals surface area contributed by atoms with E-state index in [1.807, 2.05) is 35.2 Å². The van der Waals surface area contributed by atoms with Crippen LogP contribution in [-0.2, 0) is 5.41 Å². The van der Waals surface area contributed by atoms with Crippen LogP contribution in [0.2, 0.25) is 0 Å². The Hall–Kier alpha value is -2.76. The van der Waals surface area contributed by atoms with Gasteiger partial charge < -0.3 is 19.9 Å². The van der Waals surface area contributed by atoms with Gasteiger partial charge in [0.25, 0.3) is 0 Å². The van der Waals surface area contributed by atoms with Crippen LogP contribution >= 0.6 is 0 Å². The van der Waals surface area contributed by atoms with Crippen molar-refractivity contribution in [2.24, 2.45) is 0 Å². The number of carbonyl (C=O) groups excluding carboxylic acids is 1. The standard InChI is InChI=1S/C21H28N4O2/c1-21(2,17-7-9-18(27-3)10-8-17)16-23-20(26)25-14-12-24(13-15-25)19-6-4-5-11-22-19/h4-11H,12-16H2,1-3H3,(H,23,26). The third-order valence-electron chi connectivity index (χ3n) is 5.09. The smallest absolute Gasteiger partial charge is 0.317 e. The lowest BCUT2D eigenvalue weighted by Crippen LogP contribution is -2.53. The number of methoxy groups -OCH3 is 1. The lowest BCUT2D eigenvalue weighted by atomic mass is 9.84. The number of hydrogen-bond acceptors (Lipinski definition) is 4. The van der Waals surface area contributed by atoms with E-state index in [9.17, 15) is 4.79 Å². The Labute approximate surface area is 161 Å². The van der Waals surface area contributed by atoms with Crippen LogP contribution in [0.4, 0.5) is 10.6 Å². The second-order valence-corrected chi connectivity index (χ2v) is 7.43. The van der Waals surface area contributed by atoms with Gasteiger partial charge in [-0.25, -0.2) is 9.78 Å². The first-order chi connectivity index (χ1) is 13.0. The van der Waals surface area contributed by atoms with Gasteiger partial charge in [-0.05, 0) is 29.8 Å². The number of nitrogens with one attached hydrogen (secondary N) is 1. The predicted molar refractivity (Wildman–Crippen MR) is 107 cm³/mol. The Balaban J connectivity index is 1.50. The molecule has 1 aliphatic heterocycles. The van der Waals surface area contributed by atoms with E-state index in [4.69, 9.17) is 4.74 Å². The number of benzene rings is 1. The molecule has 0 saturated carbocycles. The zero-order valence-electron chi connectivity index (χ0n) is 16.3. The van der Waals surface area contributed by atoms with Crippen LogP contribution in [0.1, 0.15) is 19.4 Å². The third-order valence-corrected chi connectivity index (χ3v) is 5.09. The number of nitrogens with zero attached hydrogens (tertiary/aromatic N) is 3. The average Bonchev–Trinajstić information content (AvgIpc) is 2.73. The summed E-state index contributed by atoms with van der Waals surface area (Å²) in [6.45, 7) is 7.84. The fraction of sp³-hybridized carbons (Fsp3) is 0.429. The maximum Gasteiger partial charge on any atom is 0.317 e. The van der Waals surface area contributed by atoms with E-state index in [0.29, 0.717) is 19.6 Å². The highest BCUT2D eigenvalue weighted by Crippen LogP contribution is 2.24. The molecule has 2 amide bonds. The van der Waals surface area contributed by atoms with Crippen molar-refractivity contribution in [2.75, 3.05) is 44.7 Å². The molecule has 1 aromatic heterocycles. The van der Waals surface area contributed by atoms with Crippen molar-refractivity contribution >= 4 is 11.8 Å². The highest BCUT2D eigenvalue weighted by Gasteiger charge is 2.25. The Kier molecular flexibility index (Phi) is 5.84. The molecule has 27 heavy (non-hydrogen) atoms. The second kappa shape index (κ2) is 8.29. The monoisotopic (exact) mass is 368 g/mol. The molecule has 0 bridgehead atoms. The summed E-state index contributed by atoms with van der Waals surface area (Å²) in [5.41, 5.74) is 1.01.